The number of rotatable bonds is 19. The predicted octanol–water partition coefficient (Wildman–Crippen LogP) is -11.5. The highest BCUT2D eigenvalue weighted by atomic mass is 35.5. The van der Waals surface area contributed by atoms with Gasteiger partial charge in [0.15, 0.2) is 31.5 Å². The first kappa shape index (κ1) is 62.1. The molecule has 0 aliphatic carbocycles. The summed E-state index contributed by atoms with van der Waals surface area (Å²) >= 11 is 6.07. The van der Waals surface area contributed by atoms with Crippen molar-refractivity contribution in [1.29, 1.82) is 0 Å². The van der Waals surface area contributed by atoms with Crippen molar-refractivity contribution >= 4 is 17.3 Å². The molecule has 77 heavy (non-hydrogen) atoms. The van der Waals surface area contributed by atoms with Crippen LogP contribution >= 0.6 is 11.6 Å². The predicted molar refractivity (Wildman–Crippen MR) is 236 cm³/mol. The van der Waals surface area contributed by atoms with E-state index in [9.17, 15) is 107 Å². The Morgan fingerprint density at radius 3 is 0.922 bits per heavy atom. The van der Waals surface area contributed by atoms with Gasteiger partial charge in [0.2, 0.25) is 6.29 Å². The number of ether oxygens (including phenoxy) is 12. The molecule has 0 saturated carbocycles. The molecule has 19 N–H and O–H groups in total. The molecule has 6 aliphatic heterocycles. The molecule has 35 heteroatoms. The van der Waals surface area contributed by atoms with Crippen LogP contribution in [0.15, 0.2) is 18.2 Å². The molecule has 34 nitrogen and oxygen atoms in total. The number of nitrogens with zero attached hydrogens (tertiary/aromatic N) is 1. The van der Waals surface area contributed by atoms with E-state index >= 15 is 0 Å². The molecule has 0 aromatic heterocycles. The summed E-state index contributed by atoms with van der Waals surface area (Å²) in [4.78, 5) is 10.4. The van der Waals surface area contributed by atoms with E-state index < -0.39 is 234 Å². The van der Waals surface area contributed by atoms with Crippen LogP contribution in [0.3, 0.4) is 0 Å². The number of benzene rings is 1. The Morgan fingerprint density at radius 2 is 0.649 bits per heavy atom. The monoisotopic (exact) mass is 1150 g/mol. The zero-order valence-corrected chi connectivity index (χ0v) is 40.6. The number of halogens is 1. The highest BCUT2D eigenvalue weighted by Gasteiger charge is 2.57. The summed E-state index contributed by atoms with van der Waals surface area (Å²) in [6.07, 6.45) is -57.5. The van der Waals surface area contributed by atoms with E-state index in [0.717, 1.165) is 18.2 Å². The summed E-state index contributed by atoms with van der Waals surface area (Å²) in [5.41, 5.74) is -0.395. The number of hydrogen-bond donors (Lipinski definition) is 19. The maximum atomic E-state index is 11.3. The van der Waals surface area contributed by atoms with Crippen LogP contribution in [0.5, 0.6) is 5.75 Å². The normalized spacial score (nSPS) is 47.8. The van der Waals surface area contributed by atoms with Gasteiger partial charge in [-0.25, -0.2) is 0 Å². The Morgan fingerprint density at radius 1 is 0.390 bits per heavy atom. The smallest absolute Gasteiger partial charge is 0.271 e. The van der Waals surface area contributed by atoms with Crippen molar-refractivity contribution in [1.82, 2.24) is 0 Å². The lowest BCUT2D eigenvalue weighted by molar-refractivity contribution is -0.395. The lowest BCUT2D eigenvalue weighted by Crippen LogP contribution is -2.68. The van der Waals surface area contributed by atoms with Crippen molar-refractivity contribution in [3.05, 3.63) is 33.3 Å². The molecule has 6 fully saturated rings. The van der Waals surface area contributed by atoms with Crippen molar-refractivity contribution in [3.8, 4) is 5.75 Å². The van der Waals surface area contributed by atoms with Gasteiger partial charge in [0.1, 0.15) is 152 Å². The minimum atomic E-state index is -2.21. The quantitative estimate of drug-likeness (QED) is 0.0452. The van der Waals surface area contributed by atoms with Crippen LogP contribution in [0.25, 0.3) is 0 Å². The summed E-state index contributed by atoms with van der Waals surface area (Å²) in [5, 5.41) is 214. The van der Waals surface area contributed by atoms with Gasteiger partial charge in [-0.05, 0) is 6.07 Å². The third-order valence-electron chi connectivity index (χ3n) is 13.8. The van der Waals surface area contributed by atoms with E-state index in [-0.39, 0.29) is 10.8 Å². The number of aliphatic hydroxyl groups excluding tert-OH is 19. The average Bonchev–Trinajstić information content (AvgIpc) is 3.43. The molecule has 0 bridgehead atoms. The third kappa shape index (κ3) is 12.9. The molecule has 0 amide bonds. The molecule has 6 aliphatic rings. The summed E-state index contributed by atoms with van der Waals surface area (Å²) < 4.78 is 67.0. The lowest BCUT2D eigenvalue weighted by Gasteiger charge is -2.49. The fourth-order valence-corrected chi connectivity index (χ4v) is 9.65. The van der Waals surface area contributed by atoms with Crippen LogP contribution in [0.2, 0.25) is 5.02 Å². The highest BCUT2D eigenvalue weighted by molar-refractivity contribution is 6.32. The number of nitro benzene ring substituents is 1. The SMILES string of the molecule is O=[N+]([O-])c1ccc(O[C@H]2O[C@H](CO)[C@@H](O[C@H]3O[C@H](CO)[C@@H](O[C@H]4O[C@H](CO)[C@@H](O[C@H]5O[C@H](CO)[C@@H](O[C@H]6O[C@H](CO)[C@@H](O[C@H]7O[C@H](CO)[C@@H](O)[C@H](O)[C@H]7O)[C@H](O)[C@H]6O)[C@H](O)[C@H]5O)[C@H](O)[C@H]4O)[C@H](O)[C@H]3O)[C@H](O)[C@H]2O)c(Cl)c1. The number of aliphatic hydroxyl groups is 19. The van der Waals surface area contributed by atoms with Crippen molar-refractivity contribution in [2.75, 3.05) is 39.6 Å². The van der Waals surface area contributed by atoms with Crippen molar-refractivity contribution in [2.24, 2.45) is 0 Å². The van der Waals surface area contributed by atoms with Gasteiger partial charge in [-0.3, -0.25) is 10.1 Å². The minimum absolute atomic E-state index is 0.222. The van der Waals surface area contributed by atoms with Gasteiger partial charge in [-0.1, -0.05) is 11.6 Å². The Bertz CT molecular complexity index is 2030. The van der Waals surface area contributed by atoms with Gasteiger partial charge in [-0.15, -0.1) is 0 Å². The molecular formula is C42H64ClNO33. The van der Waals surface area contributed by atoms with Crippen molar-refractivity contribution in [2.45, 2.75) is 184 Å². The molecule has 7 rings (SSSR count). The molecule has 0 radical (unpaired) electrons. The Kier molecular flexibility index (Phi) is 21.5. The fraction of sp³-hybridized carbons (Fsp3) is 0.857. The number of nitro groups is 1. The van der Waals surface area contributed by atoms with Crippen LogP contribution < -0.4 is 4.74 Å². The van der Waals surface area contributed by atoms with Crippen LogP contribution in [0.1, 0.15) is 0 Å². The van der Waals surface area contributed by atoms with Crippen LogP contribution in [-0.4, -0.2) is 326 Å². The van der Waals surface area contributed by atoms with Gasteiger partial charge in [0.05, 0.1) is 49.6 Å². The van der Waals surface area contributed by atoms with E-state index in [0.29, 0.717) is 0 Å². The second-order valence-corrected chi connectivity index (χ2v) is 19.1. The maximum Gasteiger partial charge on any atom is 0.271 e. The summed E-state index contributed by atoms with van der Waals surface area (Å²) in [7, 11) is 0. The molecular weight excluding hydrogens is 1080 g/mol. The molecule has 6 heterocycles. The van der Waals surface area contributed by atoms with Crippen LogP contribution in [0, 0.1) is 10.1 Å². The van der Waals surface area contributed by atoms with Crippen LogP contribution in [-0.2, 0) is 52.1 Å². The van der Waals surface area contributed by atoms with Crippen molar-refractivity contribution < 1.29 is 159 Å². The first-order chi connectivity index (χ1) is 36.5. The summed E-state index contributed by atoms with van der Waals surface area (Å²) in [5.74, 6) is -0.222. The number of non-ortho nitro benzene ring substituents is 1. The topological polar surface area (TPSA) is 538 Å². The Hall–Kier alpha value is -2.49. The fourth-order valence-electron chi connectivity index (χ4n) is 9.43. The van der Waals surface area contributed by atoms with Crippen LogP contribution in [0.4, 0.5) is 5.69 Å². The third-order valence-corrected chi connectivity index (χ3v) is 14.1. The molecule has 30 atom stereocenters. The summed E-state index contributed by atoms with van der Waals surface area (Å²) in [6, 6.07) is 3.06. The Balaban J connectivity index is 0.949. The second-order valence-electron chi connectivity index (χ2n) is 18.7. The molecule has 6 saturated heterocycles. The average molecular weight is 1150 g/mol. The van der Waals surface area contributed by atoms with Gasteiger partial charge in [0, 0.05) is 12.1 Å². The van der Waals surface area contributed by atoms with Gasteiger partial charge < -0.3 is 154 Å². The van der Waals surface area contributed by atoms with Crippen molar-refractivity contribution in [3.63, 3.8) is 0 Å². The number of hydrogen-bond acceptors (Lipinski definition) is 33. The lowest BCUT2D eigenvalue weighted by atomic mass is 9.95. The standard InChI is InChI=1S/C42H64ClNO33/c43-11-3-10(44(64)65)1-2-12(11)66-37-27(59)21(53)32(14(5-46)68-37)74-39-29(61)23(55)34(16(7-48)70-39)76-41-31(63)25(57)36(18(9-50)72-41)77-42-30(62)24(56)35(17(8-49)71-42)75-40-28(60)22(54)33(15(6-47)69-40)73-38-26(58)20(52)19(51)13(4-45)67-38/h1-3,13-42,45-63H,4-9H2/t13-,14-,15-,16-,17-,18-,19-,20+,21-,22-,23-,24-,25-,26-,27-,28-,29-,30-,31-,32-,33-,34-,35-,36-,37+,38-,39-,40-,41-,42-/m1/s1. The maximum absolute atomic E-state index is 11.3. The molecule has 1 aromatic carbocycles. The molecule has 442 valence electrons. The summed E-state index contributed by atoms with van der Waals surface area (Å²) in [6.45, 7) is -5.86. The van der Waals surface area contributed by atoms with Gasteiger partial charge >= 0.3 is 0 Å². The zero-order valence-electron chi connectivity index (χ0n) is 39.8. The first-order valence-electron chi connectivity index (χ1n) is 23.8. The van der Waals surface area contributed by atoms with E-state index in [4.69, 9.17) is 68.4 Å². The molecule has 0 spiro atoms. The van der Waals surface area contributed by atoms with E-state index in [1.807, 2.05) is 0 Å². The minimum Gasteiger partial charge on any atom is -0.460 e. The second kappa shape index (κ2) is 26.6. The van der Waals surface area contributed by atoms with Gasteiger partial charge in [-0.2, -0.15) is 0 Å². The first-order valence-corrected chi connectivity index (χ1v) is 24.2. The Labute approximate surface area is 438 Å². The van der Waals surface area contributed by atoms with E-state index in [1.54, 1.807) is 0 Å². The van der Waals surface area contributed by atoms with Gasteiger partial charge in [0.25, 0.3) is 5.69 Å². The molecule has 1 aromatic rings. The largest absolute Gasteiger partial charge is 0.460 e. The highest BCUT2D eigenvalue weighted by Crippen LogP contribution is 2.38. The molecule has 0 unspecified atom stereocenters. The van der Waals surface area contributed by atoms with E-state index in [1.165, 1.54) is 0 Å². The van der Waals surface area contributed by atoms with E-state index in [2.05, 4.69) is 0 Å². The zero-order chi connectivity index (χ0) is 56.5.